The highest BCUT2D eigenvalue weighted by Crippen LogP contribution is 2.17. The van der Waals surface area contributed by atoms with E-state index in [1.54, 1.807) is 0 Å². The van der Waals surface area contributed by atoms with Gasteiger partial charge in [0.1, 0.15) is 6.04 Å². The van der Waals surface area contributed by atoms with Crippen LogP contribution in [0.3, 0.4) is 0 Å². The van der Waals surface area contributed by atoms with E-state index >= 15 is 0 Å². The maximum Gasteiger partial charge on any atom is 0.326 e. The van der Waals surface area contributed by atoms with E-state index in [0.29, 0.717) is 13.0 Å². The number of amides is 2. The Morgan fingerprint density at radius 1 is 1.28 bits per heavy atom. The number of carbonyl (C=O) groups is 2. The molecule has 0 spiro atoms. The predicted octanol–water partition coefficient (Wildman–Crippen LogP) is 2.37. The first-order valence-electron chi connectivity index (χ1n) is 6.59. The minimum Gasteiger partial charge on any atom is -0.480 e. The van der Waals surface area contributed by atoms with Gasteiger partial charge in [0.2, 0.25) is 0 Å². The van der Waals surface area contributed by atoms with E-state index in [1.807, 2.05) is 6.92 Å². The molecule has 5 nitrogen and oxygen atoms in total. The number of carboxylic acids is 1. The zero-order valence-electron chi connectivity index (χ0n) is 11.9. The van der Waals surface area contributed by atoms with E-state index in [-0.39, 0.29) is 5.41 Å². The molecule has 0 aromatic rings. The van der Waals surface area contributed by atoms with Crippen LogP contribution in [0.15, 0.2) is 0 Å². The molecule has 2 amide bonds. The number of nitrogens with one attached hydrogen (secondary N) is 2. The smallest absolute Gasteiger partial charge is 0.326 e. The van der Waals surface area contributed by atoms with Crippen LogP contribution in [0.25, 0.3) is 0 Å². The van der Waals surface area contributed by atoms with Gasteiger partial charge in [0.25, 0.3) is 0 Å². The van der Waals surface area contributed by atoms with Crippen LogP contribution in [0.2, 0.25) is 0 Å². The molecule has 0 heterocycles. The van der Waals surface area contributed by atoms with Crippen molar-refractivity contribution in [1.82, 2.24) is 10.6 Å². The van der Waals surface area contributed by atoms with Crippen molar-refractivity contribution in [3.05, 3.63) is 0 Å². The number of rotatable bonds is 8. The highest BCUT2D eigenvalue weighted by molar-refractivity contribution is 5.82. The van der Waals surface area contributed by atoms with Gasteiger partial charge in [-0.05, 0) is 18.3 Å². The summed E-state index contributed by atoms with van der Waals surface area (Å²) in [5.41, 5.74) is 0.0273. The standard InChI is InChI=1S/C13H26N2O3/c1-5-7-8-10(11(16)17)15-12(18)14-9-13(3,4)6-2/h10H,5-9H2,1-4H3,(H,16,17)(H2,14,15,18). The van der Waals surface area contributed by atoms with Crippen molar-refractivity contribution in [2.24, 2.45) is 5.41 Å². The fraction of sp³-hybridized carbons (Fsp3) is 0.846. The van der Waals surface area contributed by atoms with Gasteiger partial charge in [0.15, 0.2) is 0 Å². The Hall–Kier alpha value is -1.26. The van der Waals surface area contributed by atoms with Crippen molar-refractivity contribution < 1.29 is 14.7 Å². The number of unbranched alkanes of at least 4 members (excludes halogenated alkanes) is 1. The van der Waals surface area contributed by atoms with Crippen molar-refractivity contribution in [2.45, 2.75) is 59.4 Å². The van der Waals surface area contributed by atoms with E-state index in [0.717, 1.165) is 19.3 Å². The predicted molar refractivity (Wildman–Crippen MR) is 71.6 cm³/mol. The topological polar surface area (TPSA) is 78.4 Å². The molecule has 3 N–H and O–H groups in total. The largest absolute Gasteiger partial charge is 0.480 e. The van der Waals surface area contributed by atoms with E-state index in [4.69, 9.17) is 5.11 Å². The molecule has 106 valence electrons. The van der Waals surface area contributed by atoms with Gasteiger partial charge in [0.05, 0.1) is 0 Å². The maximum absolute atomic E-state index is 11.6. The van der Waals surface area contributed by atoms with Crippen LogP contribution in [-0.2, 0) is 4.79 Å². The SMILES string of the molecule is CCCCC(NC(=O)NCC(C)(C)CC)C(=O)O. The summed E-state index contributed by atoms with van der Waals surface area (Å²) >= 11 is 0. The summed E-state index contributed by atoms with van der Waals surface area (Å²) in [6.45, 7) is 8.69. The Labute approximate surface area is 109 Å². The lowest BCUT2D eigenvalue weighted by Crippen LogP contribution is -2.47. The van der Waals surface area contributed by atoms with Crippen molar-refractivity contribution in [3.8, 4) is 0 Å². The quantitative estimate of drug-likeness (QED) is 0.625. The van der Waals surface area contributed by atoms with Crippen LogP contribution < -0.4 is 10.6 Å². The third kappa shape index (κ3) is 7.14. The highest BCUT2D eigenvalue weighted by Gasteiger charge is 2.21. The summed E-state index contributed by atoms with van der Waals surface area (Å²) in [4.78, 5) is 22.6. The zero-order chi connectivity index (χ0) is 14.2. The molecule has 0 aliphatic rings. The Balaban J connectivity index is 4.14. The summed E-state index contributed by atoms with van der Waals surface area (Å²) in [6, 6.07) is -1.20. The van der Waals surface area contributed by atoms with Gasteiger partial charge in [0, 0.05) is 6.54 Å². The maximum atomic E-state index is 11.6. The van der Waals surface area contributed by atoms with Crippen LogP contribution in [0.5, 0.6) is 0 Å². The van der Waals surface area contributed by atoms with Crippen LogP contribution in [0.4, 0.5) is 4.79 Å². The summed E-state index contributed by atoms with van der Waals surface area (Å²) < 4.78 is 0. The van der Waals surface area contributed by atoms with Crippen molar-refractivity contribution in [1.29, 1.82) is 0 Å². The van der Waals surface area contributed by atoms with Gasteiger partial charge in [-0.2, -0.15) is 0 Å². The molecule has 0 saturated carbocycles. The molecule has 0 saturated heterocycles. The molecule has 5 heteroatoms. The summed E-state index contributed by atoms with van der Waals surface area (Å²) in [7, 11) is 0. The van der Waals surface area contributed by atoms with E-state index < -0.39 is 18.0 Å². The minimum absolute atomic E-state index is 0.0273. The van der Waals surface area contributed by atoms with E-state index in [9.17, 15) is 9.59 Å². The summed E-state index contributed by atoms with van der Waals surface area (Å²) in [5, 5.41) is 14.2. The highest BCUT2D eigenvalue weighted by atomic mass is 16.4. The van der Waals surface area contributed by atoms with Crippen molar-refractivity contribution in [2.75, 3.05) is 6.54 Å². The number of urea groups is 1. The number of aliphatic carboxylic acids is 1. The molecule has 0 aliphatic carbocycles. The van der Waals surface area contributed by atoms with Crippen LogP contribution in [0.1, 0.15) is 53.4 Å². The monoisotopic (exact) mass is 258 g/mol. The van der Waals surface area contributed by atoms with Crippen LogP contribution in [0, 0.1) is 5.41 Å². The van der Waals surface area contributed by atoms with E-state index in [2.05, 4.69) is 31.4 Å². The van der Waals surface area contributed by atoms with Gasteiger partial charge in [-0.3, -0.25) is 0 Å². The molecule has 0 bridgehead atoms. The first kappa shape index (κ1) is 16.7. The number of hydrogen-bond donors (Lipinski definition) is 3. The molecule has 0 aromatic heterocycles. The Morgan fingerprint density at radius 2 is 1.89 bits per heavy atom. The molecule has 0 rings (SSSR count). The fourth-order valence-electron chi connectivity index (χ4n) is 1.32. The Bertz CT molecular complexity index is 277. The first-order valence-corrected chi connectivity index (χ1v) is 6.59. The van der Waals surface area contributed by atoms with Crippen molar-refractivity contribution in [3.63, 3.8) is 0 Å². The van der Waals surface area contributed by atoms with Crippen LogP contribution >= 0.6 is 0 Å². The van der Waals surface area contributed by atoms with Gasteiger partial charge < -0.3 is 15.7 Å². The first-order chi connectivity index (χ1) is 8.32. The van der Waals surface area contributed by atoms with Crippen LogP contribution in [-0.4, -0.2) is 29.7 Å². The average molecular weight is 258 g/mol. The van der Waals surface area contributed by atoms with Gasteiger partial charge in [-0.25, -0.2) is 9.59 Å². The zero-order valence-corrected chi connectivity index (χ0v) is 11.9. The lowest BCUT2D eigenvalue weighted by molar-refractivity contribution is -0.139. The molecule has 18 heavy (non-hydrogen) atoms. The van der Waals surface area contributed by atoms with Gasteiger partial charge in [-0.1, -0.05) is 40.5 Å². The lowest BCUT2D eigenvalue weighted by atomic mass is 9.90. The average Bonchev–Trinajstić information content (AvgIpc) is 2.31. The molecule has 0 fully saturated rings. The molecular weight excluding hydrogens is 232 g/mol. The second-order valence-corrected chi connectivity index (χ2v) is 5.38. The molecule has 0 radical (unpaired) electrons. The number of carbonyl (C=O) groups excluding carboxylic acids is 1. The number of carboxylic acid groups (broad SMARTS) is 1. The molecular formula is C13H26N2O3. The summed E-state index contributed by atoms with van der Waals surface area (Å²) in [5.74, 6) is -0.978. The molecule has 1 atom stereocenters. The third-order valence-corrected chi connectivity index (χ3v) is 3.13. The second kappa shape index (κ2) is 7.95. The molecule has 1 unspecified atom stereocenters. The Morgan fingerprint density at radius 3 is 2.33 bits per heavy atom. The lowest BCUT2D eigenvalue weighted by Gasteiger charge is -2.23. The normalized spacial score (nSPS) is 12.9. The summed E-state index contributed by atoms with van der Waals surface area (Å²) in [6.07, 6.45) is 3.12. The fourth-order valence-corrected chi connectivity index (χ4v) is 1.32. The molecule has 0 aromatic carbocycles. The van der Waals surface area contributed by atoms with Gasteiger partial charge in [-0.15, -0.1) is 0 Å². The second-order valence-electron chi connectivity index (χ2n) is 5.38. The number of hydrogen-bond acceptors (Lipinski definition) is 2. The molecule has 0 aliphatic heterocycles. The minimum atomic E-state index is -0.978. The van der Waals surface area contributed by atoms with Crippen molar-refractivity contribution >= 4 is 12.0 Å². The van der Waals surface area contributed by atoms with Gasteiger partial charge >= 0.3 is 12.0 Å². The van der Waals surface area contributed by atoms with E-state index in [1.165, 1.54) is 0 Å². The third-order valence-electron chi connectivity index (χ3n) is 3.13. The Kier molecular flexibility index (Phi) is 7.39.